The van der Waals surface area contributed by atoms with Crippen molar-refractivity contribution in [3.8, 4) is 0 Å². The lowest BCUT2D eigenvalue weighted by molar-refractivity contribution is -0.118. The molecule has 5 nitrogen and oxygen atoms in total. The molecule has 1 saturated carbocycles. The fourth-order valence-electron chi connectivity index (χ4n) is 2.07. The number of carbonyl (C=O) groups excluding carboxylic acids is 2. The molecule has 108 valence electrons. The second kappa shape index (κ2) is 5.90. The van der Waals surface area contributed by atoms with Gasteiger partial charge in [-0.05, 0) is 30.5 Å². The zero-order valence-electron chi connectivity index (χ0n) is 11.3. The van der Waals surface area contributed by atoms with Crippen molar-refractivity contribution < 1.29 is 14.0 Å². The number of benzene rings is 1. The average Bonchev–Trinajstić information content (AvgIpc) is 3.15. The van der Waals surface area contributed by atoms with Crippen LogP contribution in [0.1, 0.15) is 25.3 Å². The largest absolute Gasteiger partial charge is 0.355 e. The van der Waals surface area contributed by atoms with Gasteiger partial charge in [0.15, 0.2) is 0 Å². The third kappa shape index (κ3) is 3.69. The fourth-order valence-corrected chi connectivity index (χ4v) is 2.07. The highest BCUT2D eigenvalue weighted by Crippen LogP contribution is 2.45. The van der Waals surface area contributed by atoms with E-state index in [4.69, 9.17) is 0 Å². The van der Waals surface area contributed by atoms with E-state index < -0.39 is 5.54 Å². The molecule has 20 heavy (non-hydrogen) atoms. The molecule has 0 atom stereocenters. The summed E-state index contributed by atoms with van der Waals surface area (Å²) in [5.74, 6) is -0.438. The molecule has 0 saturated heterocycles. The molecule has 0 bridgehead atoms. The molecule has 3 N–H and O–H groups in total. The minimum absolute atomic E-state index is 0.134. The van der Waals surface area contributed by atoms with Crippen LogP contribution in [0.2, 0.25) is 0 Å². The minimum Gasteiger partial charge on any atom is -0.355 e. The number of nitrogens with one attached hydrogen (secondary N) is 3. The lowest BCUT2D eigenvalue weighted by Gasteiger charge is -2.18. The van der Waals surface area contributed by atoms with E-state index in [1.807, 2.05) is 6.07 Å². The number of carbonyl (C=O) groups is 2. The summed E-state index contributed by atoms with van der Waals surface area (Å²) < 4.78 is 13.2. The van der Waals surface area contributed by atoms with Crippen molar-refractivity contribution in [3.05, 3.63) is 35.6 Å². The highest BCUT2D eigenvalue weighted by Gasteiger charge is 2.45. The molecule has 1 aromatic rings. The van der Waals surface area contributed by atoms with E-state index in [0.29, 0.717) is 13.1 Å². The highest BCUT2D eigenvalue weighted by molar-refractivity contribution is 5.76. The van der Waals surface area contributed by atoms with Gasteiger partial charge in [0.1, 0.15) is 5.82 Å². The van der Waals surface area contributed by atoms with Crippen molar-refractivity contribution in [3.63, 3.8) is 0 Å². The SMILES string of the molecule is CC(=O)NCCNC(=O)NC1(c2cccc(F)c2)CC1. The monoisotopic (exact) mass is 279 g/mol. The maximum Gasteiger partial charge on any atom is 0.315 e. The standard InChI is InChI=1S/C14H18FN3O2/c1-10(19)16-7-8-17-13(20)18-14(5-6-14)11-3-2-4-12(15)9-11/h2-4,9H,5-8H2,1H3,(H,16,19)(H2,17,18,20). The normalized spacial score (nSPS) is 15.3. The van der Waals surface area contributed by atoms with Crippen molar-refractivity contribution >= 4 is 11.9 Å². The first-order valence-electron chi connectivity index (χ1n) is 6.58. The first-order valence-corrected chi connectivity index (χ1v) is 6.58. The number of rotatable bonds is 5. The van der Waals surface area contributed by atoms with Gasteiger partial charge in [0.25, 0.3) is 0 Å². The Morgan fingerprint density at radius 2 is 1.95 bits per heavy atom. The summed E-state index contributed by atoms with van der Waals surface area (Å²) in [5, 5.41) is 8.12. The van der Waals surface area contributed by atoms with E-state index in [2.05, 4.69) is 16.0 Å². The van der Waals surface area contributed by atoms with Gasteiger partial charge < -0.3 is 16.0 Å². The Hall–Kier alpha value is -2.11. The molecule has 1 aromatic carbocycles. The Kier molecular flexibility index (Phi) is 4.22. The zero-order chi connectivity index (χ0) is 14.6. The van der Waals surface area contributed by atoms with Gasteiger partial charge in [-0.3, -0.25) is 4.79 Å². The Balaban J connectivity index is 1.83. The van der Waals surface area contributed by atoms with E-state index in [1.54, 1.807) is 6.07 Å². The van der Waals surface area contributed by atoms with Crippen LogP contribution in [0.4, 0.5) is 9.18 Å². The molecule has 0 radical (unpaired) electrons. The molecule has 3 amide bonds. The molecular weight excluding hydrogens is 261 g/mol. The minimum atomic E-state index is -0.444. The van der Waals surface area contributed by atoms with Gasteiger partial charge in [-0.15, -0.1) is 0 Å². The molecule has 1 fully saturated rings. The van der Waals surface area contributed by atoms with Crippen LogP contribution in [0.25, 0.3) is 0 Å². The molecule has 1 aliphatic carbocycles. The molecular formula is C14H18FN3O2. The van der Waals surface area contributed by atoms with Crippen LogP contribution < -0.4 is 16.0 Å². The van der Waals surface area contributed by atoms with Gasteiger partial charge in [-0.25, -0.2) is 9.18 Å². The van der Waals surface area contributed by atoms with E-state index >= 15 is 0 Å². The third-order valence-corrected chi connectivity index (χ3v) is 3.26. The van der Waals surface area contributed by atoms with Crippen LogP contribution in [-0.4, -0.2) is 25.0 Å². The summed E-state index contributed by atoms with van der Waals surface area (Å²) in [7, 11) is 0. The second-order valence-electron chi connectivity index (χ2n) is 4.96. The van der Waals surface area contributed by atoms with Crippen LogP contribution in [0.5, 0.6) is 0 Å². The van der Waals surface area contributed by atoms with Crippen LogP contribution in [-0.2, 0) is 10.3 Å². The topological polar surface area (TPSA) is 70.2 Å². The van der Waals surface area contributed by atoms with E-state index in [1.165, 1.54) is 19.1 Å². The summed E-state index contributed by atoms with van der Waals surface area (Å²) in [4.78, 5) is 22.4. The molecule has 0 unspecified atom stereocenters. The van der Waals surface area contributed by atoms with E-state index in [9.17, 15) is 14.0 Å². The molecule has 0 spiro atoms. The summed E-state index contributed by atoms with van der Waals surface area (Å²) in [6, 6.07) is 5.98. The van der Waals surface area contributed by atoms with Gasteiger partial charge in [0.2, 0.25) is 5.91 Å². The summed E-state index contributed by atoms with van der Waals surface area (Å²) >= 11 is 0. The smallest absolute Gasteiger partial charge is 0.315 e. The zero-order valence-corrected chi connectivity index (χ0v) is 11.3. The highest BCUT2D eigenvalue weighted by atomic mass is 19.1. The Bertz CT molecular complexity index is 515. The molecule has 0 aliphatic heterocycles. The number of halogens is 1. The Morgan fingerprint density at radius 1 is 1.25 bits per heavy atom. The first kappa shape index (κ1) is 14.3. The van der Waals surface area contributed by atoms with Gasteiger partial charge in [-0.2, -0.15) is 0 Å². The first-order chi connectivity index (χ1) is 9.52. The maximum absolute atomic E-state index is 13.2. The lowest BCUT2D eigenvalue weighted by atomic mass is 10.1. The van der Waals surface area contributed by atoms with Crippen LogP contribution in [0.15, 0.2) is 24.3 Å². The average molecular weight is 279 g/mol. The predicted molar refractivity (Wildman–Crippen MR) is 72.5 cm³/mol. The molecule has 6 heteroatoms. The van der Waals surface area contributed by atoms with Crippen molar-refractivity contribution in [2.75, 3.05) is 13.1 Å². The summed E-state index contributed by atoms with van der Waals surface area (Å²) in [5.41, 5.74) is 0.342. The molecule has 0 heterocycles. The number of urea groups is 1. The van der Waals surface area contributed by atoms with Crippen LogP contribution in [0, 0.1) is 5.82 Å². The second-order valence-corrected chi connectivity index (χ2v) is 4.96. The number of hydrogen-bond acceptors (Lipinski definition) is 2. The van der Waals surface area contributed by atoms with E-state index in [0.717, 1.165) is 18.4 Å². The number of amides is 3. The van der Waals surface area contributed by atoms with Gasteiger partial charge >= 0.3 is 6.03 Å². The predicted octanol–water partition coefficient (Wildman–Crippen LogP) is 1.25. The van der Waals surface area contributed by atoms with Gasteiger partial charge in [0, 0.05) is 20.0 Å². The summed E-state index contributed by atoms with van der Waals surface area (Å²) in [6.07, 6.45) is 1.60. The van der Waals surface area contributed by atoms with Gasteiger partial charge in [-0.1, -0.05) is 12.1 Å². The summed E-state index contributed by atoms with van der Waals surface area (Å²) in [6.45, 7) is 2.16. The Labute approximate surface area is 116 Å². The quantitative estimate of drug-likeness (QED) is 0.710. The Morgan fingerprint density at radius 3 is 2.55 bits per heavy atom. The molecule has 1 aliphatic rings. The van der Waals surface area contributed by atoms with Crippen molar-refractivity contribution in [2.24, 2.45) is 0 Å². The molecule has 2 rings (SSSR count). The van der Waals surface area contributed by atoms with Crippen LogP contribution in [0.3, 0.4) is 0 Å². The number of hydrogen-bond donors (Lipinski definition) is 3. The fraction of sp³-hybridized carbons (Fsp3) is 0.429. The lowest BCUT2D eigenvalue weighted by Crippen LogP contribution is -2.44. The molecule has 0 aromatic heterocycles. The van der Waals surface area contributed by atoms with E-state index in [-0.39, 0.29) is 17.8 Å². The van der Waals surface area contributed by atoms with Crippen molar-refractivity contribution in [1.82, 2.24) is 16.0 Å². The third-order valence-electron chi connectivity index (χ3n) is 3.26. The van der Waals surface area contributed by atoms with Crippen LogP contribution >= 0.6 is 0 Å². The van der Waals surface area contributed by atoms with Crippen molar-refractivity contribution in [2.45, 2.75) is 25.3 Å². The maximum atomic E-state index is 13.2. The van der Waals surface area contributed by atoms with Gasteiger partial charge in [0.05, 0.1) is 5.54 Å². The van der Waals surface area contributed by atoms with Crippen molar-refractivity contribution in [1.29, 1.82) is 0 Å².